The molecule has 3 N–H and O–H groups in total. The fourth-order valence-electron chi connectivity index (χ4n) is 4.54. The van der Waals surface area contributed by atoms with E-state index in [0.717, 1.165) is 6.54 Å². The summed E-state index contributed by atoms with van der Waals surface area (Å²) in [5.41, 5.74) is 1.41. The summed E-state index contributed by atoms with van der Waals surface area (Å²) in [4.78, 5) is 44.3. The van der Waals surface area contributed by atoms with Gasteiger partial charge in [-0.3, -0.25) is 9.59 Å². The maximum Gasteiger partial charge on any atom is 0.321 e. The second-order valence-corrected chi connectivity index (χ2v) is 10.8. The average Bonchev–Trinajstić information content (AvgIpc) is 2.94. The molecular formula is C30H43N5O6. The summed E-state index contributed by atoms with van der Waals surface area (Å²) in [6, 6.07) is 11.3. The molecule has 4 amide bonds. The third kappa shape index (κ3) is 8.83. The Labute approximate surface area is 242 Å². The van der Waals surface area contributed by atoms with E-state index in [4.69, 9.17) is 9.47 Å². The maximum absolute atomic E-state index is 13.6. The van der Waals surface area contributed by atoms with Gasteiger partial charge in [0.25, 0.3) is 5.91 Å². The van der Waals surface area contributed by atoms with E-state index in [-0.39, 0.29) is 36.9 Å². The first kappa shape index (κ1) is 31.7. The molecule has 0 spiro atoms. The predicted octanol–water partition coefficient (Wildman–Crippen LogP) is 3.36. The molecule has 3 rings (SSSR count). The highest BCUT2D eigenvalue weighted by atomic mass is 16.5. The number of anilines is 2. The second-order valence-electron chi connectivity index (χ2n) is 10.8. The molecule has 2 aromatic rings. The highest BCUT2D eigenvalue weighted by molar-refractivity contribution is 6.00. The number of aliphatic hydroxyl groups is 1. The SMILES string of the molecule is COc1ccc(NC(=O)N(C)C[C@@H]2Oc3ccc(NC(=O)CCCN(C)C)cc3C(=O)N([C@H](C)CO)C[C@H]2C)cc1. The normalized spacial score (nSPS) is 17.6. The van der Waals surface area contributed by atoms with Gasteiger partial charge in [-0.25, -0.2) is 4.79 Å². The lowest BCUT2D eigenvalue weighted by Gasteiger charge is -2.38. The molecule has 11 heteroatoms. The van der Waals surface area contributed by atoms with Crippen molar-refractivity contribution >= 4 is 29.2 Å². The highest BCUT2D eigenvalue weighted by Crippen LogP contribution is 2.31. The second kappa shape index (κ2) is 14.7. The Morgan fingerprint density at radius 1 is 1.12 bits per heavy atom. The van der Waals surface area contributed by atoms with Gasteiger partial charge >= 0.3 is 6.03 Å². The van der Waals surface area contributed by atoms with Crippen molar-refractivity contribution in [3.8, 4) is 11.5 Å². The molecule has 0 unspecified atom stereocenters. The lowest BCUT2D eigenvalue weighted by Crippen LogP contribution is -2.50. The Balaban J connectivity index is 1.80. The summed E-state index contributed by atoms with van der Waals surface area (Å²) in [5.74, 6) is 0.462. The molecule has 3 atom stereocenters. The topological polar surface area (TPSA) is 124 Å². The van der Waals surface area contributed by atoms with Crippen LogP contribution in [0.4, 0.5) is 16.2 Å². The van der Waals surface area contributed by atoms with E-state index >= 15 is 0 Å². The van der Waals surface area contributed by atoms with Crippen molar-refractivity contribution in [2.75, 3.05) is 65.1 Å². The summed E-state index contributed by atoms with van der Waals surface area (Å²) >= 11 is 0. The molecule has 0 bridgehead atoms. The largest absolute Gasteiger partial charge is 0.497 e. The summed E-state index contributed by atoms with van der Waals surface area (Å²) < 4.78 is 11.5. The van der Waals surface area contributed by atoms with Crippen molar-refractivity contribution in [3.05, 3.63) is 48.0 Å². The van der Waals surface area contributed by atoms with Gasteiger partial charge in [-0.1, -0.05) is 6.92 Å². The van der Waals surface area contributed by atoms with Crippen molar-refractivity contribution in [1.29, 1.82) is 0 Å². The Bertz CT molecular complexity index is 1190. The van der Waals surface area contributed by atoms with Gasteiger partial charge < -0.3 is 39.9 Å². The molecule has 41 heavy (non-hydrogen) atoms. The van der Waals surface area contributed by atoms with Crippen LogP contribution in [-0.2, 0) is 4.79 Å². The van der Waals surface area contributed by atoms with E-state index in [9.17, 15) is 19.5 Å². The van der Waals surface area contributed by atoms with Crippen LogP contribution >= 0.6 is 0 Å². The fraction of sp³-hybridized carbons (Fsp3) is 0.500. The first-order valence-electron chi connectivity index (χ1n) is 13.9. The van der Waals surface area contributed by atoms with Crippen LogP contribution in [0.15, 0.2) is 42.5 Å². The Hall–Kier alpha value is -3.83. The molecule has 1 aliphatic heterocycles. The van der Waals surface area contributed by atoms with Gasteiger partial charge in [-0.2, -0.15) is 0 Å². The van der Waals surface area contributed by atoms with Gasteiger partial charge in [-0.05, 0) is 76.4 Å². The molecule has 1 heterocycles. The average molecular weight is 570 g/mol. The predicted molar refractivity (Wildman–Crippen MR) is 159 cm³/mol. The van der Waals surface area contributed by atoms with Crippen LogP contribution in [0.2, 0.25) is 0 Å². The number of amides is 4. The Kier molecular flexibility index (Phi) is 11.4. The van der Waals surface area contributed by atoms with Gasteiger partial charge in [0.2, 0.25) is 5.91 Å². The minimum absolute atomic E-state index is 0.136. The maximum atomic E-state index is 13.6. The summed E-state index contributed by atoms with van der Waals surface area (Å²) in [5, 5.41) is 15.6. The molecule has 1 aliphatic rings. The lowest BCUT2D eigenvalue weighted by molar-refractivity contribution is -0.116. The van der Waals surface area contributed by atoms with E-state index in [1.807, 2.05) is 25.9 Å². The Morgan fingerprint density at radius 3 is 2.44 bits per heavy atom. The number of fused-ring (bicyclic) bond motifs is 1. The molecule has 0 saturated heterocycles. The zero-order chi connectivity index (χ0) is 30.1. The highest BCUT2D eigenvalue weighted by Gasteiger charge is 2.34. The number of benzene rings is 2. The van der Waals surface area contributed by atoms with Crippen molar-refractivity contribution in [2.24, 2.45) is 5.92 Å². The summed E-state index contributed by atoms with van der Waals surface area (Å²) in [7, 11) is 7.17. The van der Waals surface area contributed by atoms with Crippen LogP contribution in [-0.4, -0.2) is 104 Å². The fourth-order valence-corrected chi connectivity index (χ4v) is 4.54. The monoisotopic (exact) mass is 569 g/mol. The van der Waals surface area contributed by atoms with Crippen LogP contribution in [0.5, 0.6) is 11.5 Å². The van der Waals surface area contributed by atoms with E-state index < -0.39 is 12.1 Å². The number of carbonyl (C=O) groups excluding carboxylic acids is 3. The zero-order valence-electron chi connectivity index (χ0n) is 24.8. The number of likely N-dealkylation sites (N-methyl/N-ethyl adjacent to an activating group) is 1. The van der Waals surface area contributed by atoms with E-state index in [2.05, 4.69) is 10.6 Å². The molecule has 224 valence electrons. The minimum atomic E-state index is -0.451. The third-order valence-corrected chi connectivity index (χ3v) is 7.10. The smallest absolute Gasteiger partial charge is 0.321 e. The number of nitrogens with zero attached hydrogens (tertiary/aromatic N) is 3. The van der Waals surface area contributed by atoms with Crippen molar-refractivity contribution < 1.29 is 29.0 Å². The Morgan fingerprint density at radius 2 is 1.80 bits per heavy atom. The van der Waals surface area contributed by atoms with Gasteiger partial charge in [0, 0.05) is 37.3 Å². The van der Waals surface area contributed by atoms with Gasteiger partial charge in [0.05, 0.1) is 31.9 Å². The van der Waals surface area contributed by atoms with Crippen LogP contribution < -0.4 is 20.1 Å². The number of aliphatic hydroxyl groups excluding tert-OH is 1. The quantitative estimate of drug-likeness (QED) is 0.379. The van der Waals surface area contributed by atoms with Crippen molar-refractivity contribution in [2.45, 2.75) is 38.8 Å². The number of nitrogens with one attached hydrogen (secondary N) is 2. The van der Waals surface area contributed by atoms with Crippen molar-refractivity contribution in [1.82, 2.24) is 14.7 Å². The van der Waals surface area contributed by atoms with Gasteiger partial charge in [0.15, 0.2) is 0 Å². The lowest BCUT2D eigenvalue weighted by atomic mass is 9.99. The molecule has 11 nitrogen and oxygen atoms in total. The molecule has 0 fully saturated rings. The number of carbonyl (C=O) groups is 3. The van der Waals surface area contributed by atoms with Crippen LogP contribution in [0.25, 0.3) is 0 Å². The minimum Gasteiger partial charge on any atom is -0.497 e. The van der Waals surface area contributed by atoms with Crippen LogP contribution in [0, 0.1) is 5.92 Å². The molecule has 0 aliphatic carbocycles. The van der Waals surface area contributed by atoms with Crippen molar-refractivity contribution in [3.63, 3.8) is 0 Å². The number of hydrogen-bond donors (Lipinski definition) is 3. The number of rotatable bonds is 11. The summed E-state index contributed by atoms with van der Waals surface area (Å²) in [6.45, 7) is 4.90. The number of hydrogen-bond acceptors (Lipinski definition) is 7. The number of urea groups is 1. The van der Waals surface area contributed by atoms with E-state index in [1.54, 1.807) is 68.4 Å². The van der Waals surface area contributed by atoms with E-state index in [1.165, 1.54) is 4.90 Å². The number of methoxy groups -OCH3 is 1. The molecule has 0 radical (unpaired) electrons. The van der Waals surface area contributed by atoms with E-state index in [0.29, 0.717) is 47.8 Å². The third-order valence-electron chi connectivity index (χ3n) is 7.10. The zero-order valence-corrected chi connectivity index (χ0v) is 24.8. The van der Waals surface area contributed by atoms with Gasteiger partial charge in [0.1, 0.15) is 17.6 Å². The first-order chi connectivity index (χ1) is 19.5. The molecule has 0 saturated carbocycles. The molecular weight excluding hydrogens is 526 g/mol. The standard InChI is InChI=1S/C30H43N5O6/c1-20-17-35(21(2)19-36)29(38)25-16-23(31-28(37)8-7-15-33(3)4)11-14-26(25)41-27(20)18-34(5)30(39)32-22-9-12-24(40-6)13-10-22/h9-14,16,20-21,27,36H,7-8,15,17-19H2,1-6H3,(H,31,37)(H,32,39)/t20-,21-,27+/m1/s1. The summed E-state index contributed by atoms with van der Waals surface area (Å²) in [6.07, 6.45) is 0.623. The number of ether oxygens (including phenoxy) is 2. The molecule has 2 aromatic carbocycles. The van der Waals surface area contributed by atoms with Crippen LogP contribution in [0.3, 0.4) is 0 Å². The van der Waals surface area contributed by atoms with Gasteiger partial charge in [-0.15, -0.1) is 0 Å². The molecule has 0 aromatic heterocycles. The van der Waals surface area contributed by atoms with Crippen LogP contribution in [0.1, 0.15) is 37.0 Å². The first-order valence-corrected chi connectivity index (χ1v) is 13.9.